The van der Waals surface area contributed by atoms with Gasteiger partial charge in [-0.25, -0.2) is 0 Å². The van der Waals surface area contributed by atoms with E-state index in [2.05, 4.69) is 335 Å². The molecule has 12 aromatic carbocycles. The molecule has 0 spiro atoms. The number of hydrogen-bond donors (Lipinski definition) is 10. The first-order chi connectivity index (χ1) is 67.3. The van der Waals surface area contributed by atoms with E-state index >= 15 is 0 Å². The fourth-order valence-corrected chi connectivity index (χ4v) is 33.1. The third-order valence-electron chi connectivity index (χ3n) is 30.1. The molecule has 6 heterocycles. The molecule has 0 saturated heterocycles. The number of phenolic OH excluding ortho intramolecular Hbond substituents is 10. The third kappa shape index (κ3) is 20.8. The van der Waals surface area contributed by atoms with Gasteiger partial charge < -0.3 is 84.2 Å². The SMILES string of the molecule is COc1ccc2c(c1)Oc1cc(C)ccc1C2C1CCCC1.Oc1c(Br)cc2c(c1Br)Oc1c(cc(Br)c(O)c1Br)C2C1CCCC1.Oc1c(I)cc2c(c1I)Oc1c(cc(I)c(O)c1I)C2C1CCCC1.Oc1cc2c(cc1I)C(C1CCCC1)c1cc(I)c(O)c(I)c1O2.Oc1cc2c(cc1I)C(C1CCCC1)c1ccc(O)c(I)c1O2.Oc1ccc2c(c1)Oc1cc(O)ccc1C2C1CCCC1. The van der Waals surface area contributed by atoms with Crippen LogP contribution < -0.4 is 33.2 Å². The monoisotopic (exact) mass is 3150 g/mol. The van der Waals surface area contributed by atoms with Gasteiger partial charge >= 0.3 is 0 Å². The fourth-order valence-electron chi connectivity index (χ4n) is 23.6. The van der Waals surface area contributed by atoms with E-state index in [0.717, 1.165) is 142 Å². The average Bonchev–Trinajstić information content (AvgIpc) is 1.25. The van der Waals surface area contributed by atoms with Crippen molar-refractivity contribution >= 4 is 267 Å². The van der Waals surface area contributed by atoms with E-state index in [9.17, 15) is 51.1 Å². The summed E-state index contributed by atoms with van der Waals surface area (Å²) in [5.41, 5.74) is 15.3. The normalized spacial score (nSPS) is 18.7. The molecule has 12 aromatic rings. The van der Waals surface area contributed by atoms with Crippen LogP contribution in [0.25, 0.3) is 0 Å². The molecule has 6 aliphatic heterocycles. The molecule has 732 valence electrons. The first kappa shape index (κ1) is 104. The van der Waals surface area contributed by atoms with Crippen molar-refractivity contribution in [2.45, 2.75) is 197 Å². The third-order valence-corrected chi connectivity index (χ3v) is 41.0. The molecular weight excluding hydrogens is 3050 g/mol. The summed E-state index contributed by atoms with van der Waals surface area (Å²) in [7, 11) is 1.71. The number of fused-ring (bicyclic) bond motifs is 12. The number of benzene rings is 12. The number of ether oxygens (including phenoxy) is 7. The standard InChI is InChI=1S/C20H22O2.C18H14Br4O3.C18H14I4O3.C18H15I3O3.C18H16I2O3.C18H18O3/c1-13-7-9-16-18(11-13)22-19-12-15(21-2)8-10-17(19)20(16)14-5-3-4-6-14;2*19-10-5-8-12(7-3-1-2-4-7)9-6-11(20)16(24)14(22)18(9)25-17(8)13(21)15(10)23;19-11-5-9-14(7-13(11)22)24-18-10(6-12(20)17(23)16(18)21)15(9)8-3-1-2-4-8;19-12-7-11-15(8-14(12)22)23-18-10(5-6-13(21)17(18)20)16(11)9-3-1-2-4-9;19-12-5-7-14-16(9-12)21-17-10-13(20)6-8-15(17)18(14)11-3-1-2-4-11/h7-12,14,20H,3-6H2,1-2H3;2*5-7,12,23-24H,1-4H2;5-8,15,22-23H,1-4H2;5-9,16,21-22H,1-4H2;5-11,18-20H,1-4H2. The zero-order valence-corrected chi connectivity index (χ0v) is 102. The maximum atomic E-state index is 10.4. The zero-order chi connectivity index (χ0) is 98.4. The summed E-state index contributed by atoms with van der Waals surface area (Å²) in [5, 5.41) is 101. The highest BCUT2D eigenvalue weighted by molar-refractivity contribution is 14.1. The van der Waals surface area contributed by atoms with E-state index in [4.69, 9.17) is 33.2 Å². The van der Waals surface area contributed by atoms with Crippen LogP contribution in [0.1, 0.15) is 262 Å². The lowest BCUT2D eigenvalue weighted by molar-refractivity contribution is 0.381. The fraction of sp³-hybridized carbons (Fsp3) is 0.345. The lowest BCUT2D eigenvalue weighted by atomic mass is 9.77. The topological polar surface area (TPSA) is 267 Å². The number of halogens is 13. The Kier molecular flexibility index (Phi) is 33.1. The van der Waals surface area contributed by atoms with Crippen LogP contribution in [-0.4, -0.2) is 58.2 Å². The summed E-state index contributed by atoms with van der Waals surface area (Å²) < 4.78 is 51.7. The Morgan fingerprint density at radius 2 is 0.529 bits per heavy atom. The quantitative estimate of drug-likeness (QED) is 0.0665. The Balaban J connectivity index is 0.000000107. The molecule has 0 aromatic heterocycles. The van der Waals surface area contributed by atoms with Crippen LogP contribution in [0.4, 0.5) is 0 Å². The number of methoxy groups -OCH3 is 1. The minimum Gasteiger partial charge on any atom is -0.508 e. The summed E-state index contributed by atoms with van der Waals surface area (Å²) in [6.45, 7) is 2.12. The molecule has 6 fully saturated rings. The lowest BCUT2D eigenvalue weighted by Crippen LogP contribution is -2.19. The van der Waals surface area contributed by atoms with Gasteiger partial charge in [0.1, 0.15) is 141 Å². The van der Waals surface area contributed by atoms with Crippen molar-refractivity contribution in [1.29, 1.82) is 0 Å². The molecular formula is C110H99Br4I9O17. The van der Waals surface area contributed by atoms with E-state index in [0.29, 0.717) is 82.3 Å². The van der Waals surface area contributed by atoms with E-state index in [-0.39, 0.29) is 81.2 Å². The van der Waals surface area contributed by atoms with Gasteiger partial charge in [-0.3, -0.25) is 0 Å². The molecule has 17 nitrogen and oxygen atoms in total. The first-order valence-electron chi connectivity index (χ1n) is 47.4. The molecule has 3 atom stereocenters. The van der Waals surface area contributed by atoms with Crippen LogP contribution >= 0.6 is 267 Å². The van der Waals surface area contributed by atoms with Crippen LogP contribution in [-0.2, 0) is 0 Å². The van der Waals surface area contributed by atoms with Crippen LogP contribution in [0, 0.1) is 74.6 Å². The second-order valence-electron chi connectivity index (χ2n) is 38.3. The van der Waals surface area contributed by atoms with Gasteiger partial charge in [0, 0.05) is 133 Å². The molecule has 30 heteroatoms. The molecule has 3 unspecified atom stereocenters. The van der Waals surface area contributed by atoms with Gasteiger partial charge in [0.15, 0.2) is 0 Å². The minimum absolute atomic E-state index is 0.116. The van der Waals surface area contributed by atoms with Crippen LogP contribution in [0.15, 0.2) is 157 Å². The highest BCUT2D eigenvalue weighted by Crippen LogP contribution is 2.65. The van der Waals surface area contributed by atoms with Crippen molar-refractivity contribution in [3.63, 3.8) is 0 Å². The van der Waals surface area contributed by atoms with Crippen LogP contribution in [0.5, 0.6) is 132 Å². The van der Waals surface area contributed by atoms with Gasteiger partial charge in [-0.2, -0.15) is 0 Å². The molecule has 140 heavy (non-hydrogen) atoms. The molecule has 6 aliphatic carbocycles. The molecule has 10 N–H and O–H groups in total. The van der Waals surface area contributed by atoms with Crippen molar-refractivity contribution < 1.29 is 84.2 Å². The van der Waals surface area contributed by atoms with Crippen LogP contribution in [0.2, 0.25) is 0 Å². The second kappa shape index (κ2) is 44.5. The van der Waals surface area contributed by atoms with Gasteiger partial charge in [-0.15, -0.1) is 0 Å². The summed E-state index contributed by atoms with van der Waals surface area (Å²) in [6.07, 6.45) is 30.1. The summed E-state index contributed by atoms with van der Waals surface area (Å²) >= 11 is 33.4. The predicted octanol–water partition coefficient (Wildman–Crippen LogP) is 36.6. The number of aryl methyl sites for hydroxylation is 1. The minimum atomic E-state index is 0.116. The molecule has 0 amide bonds. The molecule has 12 aliphatic rings. The highest BCUT2D eigenvalue weighted by Gasteiger charge is 2.46. The zero-order valence-electron chi connectivity index (χ0n) is 75.9. The van der Waals surface area contributed by atoms with Crippen molar-refractivity contribution in [3.8, 4) is 132 Å². The van der Waals surface area contributed by atoms with Crippen molar-refractivity contribution in [2.75, 3.05) is 7.11 Å². The smallest absolute Gasteiger partial charge is 0.149 e. The number of rotatable bonds is 7. The Bertz CT molecular complexity index is 6520. The largest absolute Gasteiger partial charge is 0.508 e. The Morgan fingerprint density at radius 1 is 0.250 bits per heavy atom. The Hall–Kier alpha value is -4.27. The van der Waals surface area contributed by atoms with E-state index in [1.54, 1.807) is 49.6 Å². The number of aromatic hydroxyl groups is 10. The van der Waals surface area contributed by atoms with E-state index in [1.807, 2.05) is 36.4 Å². The molecule has 24 rings (SSSR count). The number of hydrogen-bond acceptors (Lipinski definition) is 17. The Labute approximate surface area is 970 Å². The summed E-state index contributed by atoms with van der Waals surface area (Å²) in [6, 6.07) is 45.1. The van der Waals surface area contributed by atoms with Crippen molar-refractivity contribution in [1.82, 2.24) is 0 Å². The summed E-state index contributed by atoms with van der Waals surface area (Å²) in [4.78, 5) is 0. The van der Waals surface area contributed by atoms with E-state index < -0.39 is 0 Å². The van der Waals surface area contributed by atoms with E-state index in [1.165, 1.54) is 175 Å². The van der Waals surface area contributed by atoms with Gasteiger partial charge in [0.05, 0.1) is 48.2 Å². The highest BCUT2D eigenvalue weighted by atomic mass is 127. The predicted molar refractivity (Wildman–Crippen MR) is 634 cm³/mol. The van der Waals surface area contributed by atoms with Crippen LogP contribution in [0.3, 0.4) is 0 Å². The number of phenols is 10. The van der Waals surface area contributed by atoms with Gasteiger partial charge in [-0.1, -0.05) is 113 Å². The van der Waals surface area contributed by atoms with Crippen molar-refractivity contribution in [2.24, 2.45) is 35.5 Å². The van der Waals surface area contributed by atoms with Crippen molar-refractivity contribution in [3.05, 3.63) is 262 Å². The van der Waals surface area contributed by atoms with Gasteiger partial charge in [0.25, 0.3) is 0 Å². The lowest BCUT2D eigenvalue weighted by Gasteiger charge is -2.34. The maximum Gasteiger partial charge on any atom is 0.149 e. The first-order valence-corrected chi connectivity index (χ1v) is 60.3. The van der Waals surface area contributed by atoms with Gasteiger partial charge in [-0.05, 0) is 465 Å². The maximum absolute atomic E-state index is 10.4. The molecule has 0 radical (unpaired) electrons. The second-order valence-corrected chi connectivity index (χ2v) is 51.8. The summed E-state index contributed by atoms with van der Waals surface area (Å²) in [5.74, 6) is 17.5. The molecule has 6 saturated carbocycles. The van der Waals surface area contributed by atoms with Gasteiger partial charge in [0.2, 0.25) is 0 Å². The average molecular weight is 3150 g/mol. The Morgan fingerprint density at radius 3 is 0.900 bits per heavy atom. The molecule has 0 bridgehead atoms.